The molecule has 0 saturated heterocycles. The van der Waals surface area contributed by atoms with Gasteiger partial charge in [-0.2, -0.15) is 5.06 Å². The van der Waals surface area contributed by atoms with Crippen molar-refractivity contribution in [3.63, 3.8) is 0 Å². The van der Waals surface area contributed by atoms with E-state index in [2.05, 4.69) is 4.98 Å². The van der Waals surface area contributed by atoms with Crippen LogP contribution in [0.2, 0.25) is 0 Å². The lowest BCUT2D eigenvalue weighted by Crippen LogP contribution is -2.63. The molecule has 1 aromatic heterocycles. The topological polar surface area (TPSA) is 82.9 Å². The van der Waals surface area contributed by atoms with Crippen molar-refractivity contribution in [1.29, 1.82) is 0 Å². The Balaban J connectivity index is 3.56. The van der Waals surface area contributed by atoms with Gasteiger partial charge in [0, 0.05) is 17.9 Å². The van der Waals surface area contributed by atoms with Gasteiger partial charge in [-0.25, -0.2) is 0 Å². The van der Waals surface area contributed by atoms with E-state index in [1.165, 1.54) is 0 Å². The van der Waals surface area contributed by atoms with Gasteiger partial charge in [-0.05, 0) is 63.6 Å². The Kier molecular flexibility index (Phi) is 7.82. The van der Waals surface area contributed by atoms with Gasteiger partial charge >= 0.3 is 7.60 Å². The van der Waals surface area contributed by atoms with Gasteiger partial charge in [0.25, 0.3) is 0 Å². The minimum Gasteiger partial charge on any atom is -0.323 e. The minimum absolute atomic E-state index is 0.268. The molecule has 2 unspecified atom stereocenters. The highest BCUT2D eigenvalue weighted by atomic mass is 31.2. The Labute approximate surface area is 164 Å². The second-order valence-corrected chi connectivity index (χ2v) is 10.7. The summed E-state index contributed by atoms with van der Waals surface area (Å²) in [6, 6.07) is 3.71. The van der Waals surface area contributed by atoms with E-state index in [4.69, 9.17) is 4.84 Å². The Bertz CT molecular complexity index is 639. The second-order valence-electron chi connectivity index (χ2n) is 8.84. The van der Waals surface area contributed by atoms with Gasteiger partial charge in [0.15, 0.2) is 5.28 Å². The molecule has 1 rings (SSSR count). The molecule has 0 radical (unpaired) electrons. The monoisotopic (exact) mass is 400 g/mol. The highest BCUT2D eigenvalue weighted by molar-refractivity contribution is 7.53. The molecular weight excluding hydrogens is 363 g/mol. The second kappa shape index (κ2) is 8.71. The third kappa shape index (κ3) is 4.99. The van der Waals surface area contributed by atoms with Crippen LogP contribution in [0.5, 0.6) is 0 Å². The number of nitrogens with zero attached hydrogens (tertiary/aromatic N) is 2. The SMILES string of the molecule is CCCC(C)(C)C(CC)(N(OC(C)c1ccncc1)C(C)(C)C)P(=O)(O)O. The summed E-state index contributed by atoms with van der Waals surface area (Å²) in [6.45, 7) is 15.4. The van der Waals surface area contributed by atoms with E-state index in [-0.39, 0.29) is 12.5 Å². The van der Waals surface area contributed by atoms with Crippen molar-refractivity contribution in [3.8, 4) is 0 Å². The van der Waals surface area contributed by atoms with Crippen molar-refractivity contribution >= 4 is 7.60 Å². The number of pyridine rings is 1. The zero-order valence-corrected chi connectivity index (χ0v) is 19.0. The van der Waals surface area contributed by atoms with Gasteiger partial charge < -0.3 is 9.79 Å². The Morgan fingerprint density at radius 1 is 1.15 bits per heavy atom. The summed E-state index contributed by atoms with van der Waals surface area (Å²) in [5.74, 6) is 0. The lowest BCUT2D eigenvalue weighted by atomic mass is 9.77. The summed E-state index contributed by atoms with van der Waals surface area (Å²) in [7, 11) is -4.57. The molecule has 0 fully saturated rings. The molecule has 1 aromatic rings. The first kappa shape index (κ1) is 24.3. The molecule has 0 aliphatic heterocycles. The van der Waals surface area contributed by atoms with E-state index in [0.717, 1.165) is 12.0 Å². The number of hydrogen-bond acceptors (Lipinski definition) is 4. The van der Waals surface area contributed by atoms with Crippen molar-refractivity contribution in [2.24, 2.45) is 5.41 Å². The molecule has 2 N–H and O–H groups in total. The molecular formula is C20H37N2O4P. The van der Waals surface area contributed by atoms with E-state index in [9.17, 15) is 14.4 Å². The van der Waals surface area contributed by atoms with Gasteiger partial charge in [-0.3, -0.25) is 14.4 Å². The van der Waals surface area contributed by atoms with Crippen LogP contribution in [0.4, 0.5) is 0 Å². The number of hydrogen-bond donors (Lipinski definition) is 2. The maximum Gasteiger partial charge on any atom is 0.348 e. The first-order valence-electron chi connectivity index (χ1n) is 9.67. The van der Waals surface area contributed by atoms with Crippen molar-refractivity contribution in [2.45, 2.75) is 91.6 Å². The average molecular weight is 401 g/mol. The lowest BCUT2D eigenvalue weighted by Gasteiger charge is -2.56. The van der Waals surface area contributed by atoms with Gasteiger partial charge in [-0.15, -0.1) is 0 Å². The van der Waals surface area contributed by atoms with Crippen LogP contribution in [0.25, 0.3) is 0 Å². The van der Waals surface area contributed by atoms with Crippen LogP contribution in [-0.4, -0.2) is 30.7 Å². The van der Waals surface area contributed by atoms with Crippen molar-refractivity contribution in [2.75, 3.05) is 0 Å². The number of hydroxylamine groups is 2. The lowest BCUT2D eigenvalue weighted by molar-refractivity contribution is -0.297. The van der Waals surface area contributed by atoms with E-state index in [1.807, 2.05) is 67.5 Å². The normalized spacial score (nSPS) is 17.0. The van der Waals surface area contributed by atoms with Gasteiger partial charge in [0.2, 0.25) is 0 Å². The summed E-state index contributed by atoms with van der Waals surface area (Å²) in [4.78, 5) is 31.5. The van der Waals surface area contributed by atoms with Crippen LogP contribution in [0.3, 0.4) is 0 Å². The first-order chi connectivity index (χ1) is 12.2. The summed E-state index contributed by atoms with van der Waals surface area (Å²) < 4.78 is 13.0. The maximum atomic E-state index is 13.0. The quantitative estimate of drug-likeness (QED) is 0.433. The maximum absolute atomic E-state index is 13.0. The summed E-state index contributed by atoms with van der Waals surface area (Å²) in [5, 5.41) is 0.136. The third-order valence-corrected chi connectivity index (χ3v) is 7.39. The standard InChI is InChI=1S/C20H37N2O4P/c1-9-13-19(7,8)20(10-2,27(23,24)25)22(18(4,5)6)26-16(3)17-11-14-21-15-12-17/h11-12,14-16H,9-10,13H2,1-8H3,(H2,23,24,25). The molecule has 1 heterocycles. The van der Waals surface area contributed by atoms with Crippen molar-refractivity contribution < 1.29 is 19.2 Å². The highest BCUT2D eigenvalue weighted by Crippen LogP contribution is 2.65. The van der Waals surface area contributed by atoms with Crippen LogP contribution in [0, 0.1) is 5.41 Å². The van der Waals surface area contributed by atoms with Gasteiger partial charge in [0.1, 0.15) is 6.10 Å². The molecule has 0 aromatic carbocycles. The fourth-order valence-corrected chi connectivity index (χ4v) is 5.99. The molecule has 2 atom stereocenters. The molecule has 0 amide bonds. The zero-order chi connectivity index (χ0) is 21.1. The van der Waals surface area contributed by atoms with Crippen LogP contribution in [0.15, 0.2) is 24.5 Å². The predicted octanol–water partition coefficient (Wildman–Crippen LogP) is 5.29. The fourth-order valence-electron chi connectivity index (χ4n) is 4.09. The van der Waals surface area contributed by atoms with Crippen LogP contribution < -0.4 is 0 Å². The van der Waals surface area contributed by atoms with E-state index in [1.54, 1.807) is 17.5 Å². The predicted molar refractivity (Wildman–Crippen MR) is 109 cm³/mol. The molecule has 6 nitrogen and oxygen atoms in total. The molecule has 0 bridgehead atoms. The molecule has 0 aliphatic carbocycles. The average Bonchev–Trinajstić information content (AvgIpc) is 2.53. The van der Waals surface area contributed by atoms with Gasteiger partial charge in [-0.1, -0.05) is 34.1 Å². The van der Waals surface area contributed by atoms with Crippen LogP contribution in [-0.2, 0) is 9.40 Å². The van der Waals surface area contributed by atoms with E-state index in [0.29, 0.717) is 6.42 Å². The first-order valence-corrected chi connectivity index (χ1v) is 11.3. The summed E-state index contributed by atoms with van der Waals surface area (Å²) >= 11 is 0. The summed E-state index contributed by atoms with van der Waals surface area (Å²) in [5.41, 5.74) is -0.382. The number of rotatable bonds is 9. The molecule has 0 saturated carbocycles. The van der Waals surface area contributed by atoms with Crippen molar-refractivity contribution in [1.82, 2.24) is 10.0 Å². The van der Waals surface area contributed by atoms with Crippen molar-refractivity contribution in [3.05, 3.63) is 30.1 Å². The third-order valence-electron chi connectivity index (χ3n) is 5.32. The van der Waals surface area contributed by atoms with E-state index < -0.39 is 23.8 Å². The molecule has 0 spiro atoms. The molecule has 156 valence electrons. The Morgan fingerprint density at radius 2 is 1.67 bits per heavy atom. The fraction of sp³-hybridized carbons (Fsp3) is 0.750. The van der Waals surface area contributed by atoms with Crippen LogP contribution in [0.1, 0.15) is 86.3 Å². The smallest absolute Gasteiger partial charge is 0.323 e. The number of aromatic nitrogens is 1. The van der Waals surface area contributed by atoms with Gasteiger partial charge in [0.05, 0.1) is 0 Å². The molecule has 27 heavy (non-hydrogen) atoms. The Morgan fingerprint density at radius 3 is 2.04 bits per heavy atom. The largest absolute Gasteiger partial charge is 0.348 e. The summed E-state index contributed by atoms with van der Waals surface area (Å²) in [6.07, 6.45) is 4.77. The zero-order valence-electron chi connectivity index (χ0n) is 18.1. The van der Waals surface area contributed by atoms with Crippen LogP contribution >= 0.6 is 7.60 Å². The molecule has 7 heteroatoms. The molecule has 0 aliphatic rings. The van der Waals surface area contributed by atoms with E-state index >= 15 is 0 Å². The highest BCUT2D eigenvalue weighted by Gasteiger charge is 2.62. The Hall–Kier alpha value is -0.780. The minimum atomic E-state index is -4.57.